The van der Waals surface area contributed by atoms with Crippen molar-refractivity contribution in [1.82, 2.24) is 10.3 Å². The molecule has 4 N–H and O–H groups in total. The number of rotatable bonds is 6. The number of anilines is 1. The number of halogens is 1. The third-order valence-corrected chi connectivity index (χ3v) is 4.78. The van der Waals surface area contributed by atoms with Crippen LogP contribution in [0.2, 0.25) is 5.02 Å². The highest BCUT2D eigenvalue weighted by molar-refractivity contribution is 6.33. The van der Waals surface area contributed by atoms with Gasteiger partial charge in [0.15, 0.2) is 0 Å². The highest BCUT2D eigenvalue weighted by atomic mass is 35.5. The molecule has 0 spiro atoms. The first kappa shape index (κ1) is 18.5. The van der Waals surface area contributed by atoms with Crippen LogP contribution in [0.5, 0.6) is 17.4 Å². The Labute approximate surface area is 178 Å². The highest BCUT2D eigenvalue weighted by Crippen LogP contribution is 2.31. The van der Waals surface area contributed by atoms with Crippen molar-refractivity contribution in [3.8, 4) is 17.4 Å². The predicted molar refractivity (Wildman–Crippen MR) is 114 cm³/mol. The van der Waals surface area contributed by atoms with E-state index < -0.39 is 5.91 Å². The van der Waals surface area contributed by atoms with Crippen LogP contribution in [0.1, 0.15) is 24.6 Å². The SMILES string of the molecule is [2H]c1c(OC)c(C(N)=O)cc2ccc(Oc3ccc(NC(=O)NC4CC4)c(Cl)c3)nc12. The van der Waals surface area contributed by atoms with E-state index in [-0.39, 0.29) is 35.3 Å². The van der Waals surface area contributed by atoms with Crippen LogP contribution in [-0.2, 0) is 0 Å². The monoisotopic (exact) mass is 427 g/mol. The number of nitrogens with two attached hydrogens (primary N) is 1. The van der Waals surface area contributed by atoms with Gasteiger partial charge in [-0.1, -0.05) is 11.6 Å². The summed E-state index contributed by atoms with van der Waals surface area (Å²) in [5.41, 5.74) is 6.23. The van der Waals surface area contributed by atoms with E-state index >= 15 is 0 Å². The Bertz CT molecular complexity index is 1200. The van der Waals surface area contributed by atoms with E-state index in [1.165, 1.54) is 13.2 Å². The normalized spacial score (nSPS) is 13.5. The van der Waals surface area contributed by atoms with Gasteiger partial charge in [0, 0.05) is 29.6 Å². The maximum absolute atomic E-state index is 11.9. The molecule has 0 saturated heterocycles. The number of amides is 3. The summed E-state index contributed by atoms with van der Waals surface area (Å²) in [4.78, 5) is 27.9. The number of carbonyl (C=O) groups excluding carboxylic acids is 2. The number of nitrogens with zero attached hydrogens (tertiary/aromatic N) is 1. The largest absolute Gasteiger partial charge is 0.496 e. The van der Waals surface area contributed by atoms with Gasteiger partial charge >= 0.3 is 6.03 Å². The lowest BCUT2D eigenvalue weighted by Crippen LogP contribution is -2.30. The number of urea groups is 1. The van der Waals surface area contributed by atoms with Gasteiger partial charge in [-0.2, -0.15) is 0 Å². The molecule has 1 saturated carbocycles. The van der Waals surface area contributed by atoms with E-state index in [1.807, 2.05) is 0 Å². The standard InChI is InChI=1S/C21H19ClN4O4/c1-29-18-10-17-11(8-14(18)20(23)27)2-7-19(25-17)30-13-5-6-16(15(22)9-13)26-21(28)24-12-3-4-12/h2,5-10,12H,3-4H2,1H3,(H2,23,27)(H2,24,26,28)/i10D. The first-order chi connectivity index (χ1) is 14.9. The van der Waals surface area contributed by atoms with Crippen LogP contribution in [0.4, 0.5) is 10.5 Å². The molecular formula is C21H19ClN4O4. The minimum absolute atomic E-state index is 0.0487. The van der Waals surface area contributed by atoms with Crippen molar-refractivity contribution in [2.75, 3.05) is 12.4 Å². The van der Waals surface area contributed by atoms with Crippen LogP contribution >= 0.6 is 11.6 Å². The van der Waals surface area contributed by atoms with Gasteiger partial charge < -0.3 is 25.8 Å². The molecule has 1 fully saturated rings. The predicted octanol–water partition coefficient (Wildman–Crippen LogP) is 4.07. The van der Waals surface area contributed by atoms with Crippen LogP contribution in [0.15, 0.2) is 42.4 Å². The molecule has 4 rings (SSSR count). The van der Waals surface area contributed by atoms with Gasteiger partial charge in [0.1, 0.15) is 11.5 Å². The number of hydrogen-bond donors (Lipinski definition) is 3. The van der Waals surface area contributed by atoms with Crippen LogP contribution in [0.25, 0.3) is 10.9 Å². The zero-order chi connectivity index (χ0) is 22.1. The Kier molecular flexibility index (Phi) is 4.98. The number of primary amides is 1. The Morgan fingerprint density at radius 1 is 1.27 bits per heavy atom. The van der Waals surface area contributed by atoms with Crippen molar-refractivity contribution in [1.29, 1.82) is 0 Å². The smallest absolute Gasteiger partial charge is 0.319 e. The molecule has 30 heavy (non-hydrogen) atoms. The second-order valence-electron chi connectivity index (χ2n) is 6.78. The van der Waals surface area contributed by atoms with Crippen molar-refractivity contribution in [2.45, 2.75) is 18.9 Å². The van der Waals surface area contributed by atoms with E-state index in [4.69, 9.17) is 28.2 Å². The fourth-order valence-corrected chi connectivity index (χ4v) is 3.04. The molecular weight excluding hydrogens is 408 g/mol. The zero-order valence-corrected chi connectivity index (χ0v) is 16.7. The minimum Gasteiger partial charge on any atom is -0.496 e. The molecule has 0 unspecified atom stereocenters. The quantitative estimate of drug-likeness (QED) is 0.548. The highest BCUT2D eigenvalue weighted by Gasteiger charge is 2.23. The molecule has 154 valence electrons. The maximum Gasteiger partial charge on any atom is 0.319 e. The summed E-state index contributed by atoms with van der Waals surface area (Å²) < 4.78 is 19.2. The Morgan fingerprint density at radius 3 is 2.73 bits per heavy atom. The number of hydrogen-bond acceptors (Lipinski definition) is 5. The first-order valence-corrected chi connectivity index (χ1v) is 9.56. The molecule has 2 aromatic carbocycles. The third-order valence-electron chi connectivity index (χ3n) is 4.47. The Hall–Kier alpha value is -3.52. The molecule has 1 aliphatic carbocycles. The average Bonchev–Trinajstić information content (AvgIpc) is 3.54. The Morgan fingerprint density at radius 2 is 2.07 bits per heavy atom. The van der Waals surface area contributed by atoms with Crippen molar-refractivity contribution in [2.24, 2.45) is 5.73 Å². The minimum atomic E-state index is -0.693. The molecule has 1 aromatic heterocycles. The van der Waals surface area contributed by atoms with Gasteiger partial charge in [-0.3, -0.25) is 4.79 Å². The summed E-state index contributed by atoms with van der Waals surface area (Å²) >= 11 is 6.27. The summed E-state index contributed by atoms with van der Waals surface area (Å²) in [7, 11) is 1.36. The number of pyridine rings is 1. The van der Waals surface area contributed by atoms with Crippen molar-refractivity contribution >= 4 is 40.1 Å². The van der Waals surface area contributed by atoms with Crippen LogP contribution in [0, 0.1) is 0 Å². The molecule has 0 aliphatic heterocycles. The molecule has 0 bridgehead atoms. The lowest BCUT2D eigenvalue weighted by molar-refractivity contribution is 0.0997. The Balaban J connectivity index is 1.57. The van der Waals surface area contributed by atoms with Gasteiger partial charge in [0.2, 0.25) is 5.88 Å². The number of fused-ring (bicyclic) bond motifs is 1. The maximum atomic E-state index is 11.9. The van der Waals surface area contributed by atoms with Crippen molar-refractivity contribution in [3.05, 3.63) is 53.0 Å². The second kappa shape index (κ2) is 8.08. The average molecular weight is 428 g/mol. The number of ether oxygens (including phenoxy) is 2. The summed E-state index contributed by atoms with van der Waals surface area (Å²) in [5, 5.41) is 6.37. The number of carbonyl (C=O) groups is 2. The van der Waals surface area contributed by atoms with Crippen molar-refractivity contribution in [3.63, 3.8) is 0 Å². The van der Waals surface area contributed by atoms with E-state index in [1.54, 1.807) is 30.3 Å². The molecule has 3 amide bonds. The summed E-state index contributed by atoms with van der Waals surface area (Å²) in [6.45, 7) is 0. The summed E-state index contributed by atoms with van der Waals surface area (Å²) in [6.07, 6.45) is 1.98. The number of methoxy groups -OCH3 is 1. The molecule has 9 heteroatoms. The van der Waals surface area contributed by atoms with E-state index in [0.717, 1.165) is 12.8 Å². The lowest BCUT2D eigenvalue weighted by atomic mass is 10.1. The van der Waals surface area contributed by atoms with Crippen LogP contribution in [0.3, 0.4) is 0 Å². The number of aromatic nitrogens is 1. The molecule has 1 heterocycles. The fourth-order valence-electron chi connectivity index (χ4n) is 2.82. The van der Waals surface area contributed by atoms with Crippen LogP contribution in [-0.4, -0.2) is 30.1 Å². The van der Waals surface area contributed by atoms with E-state index in [0.29, 0.717) is 27.4 Å². The molecule has 3 aromatic rings. The summed E-state index contributed by atoms with van der Waals surface area (Å²) in [5.74, 6) is -0.0234. The molecule has 8 nitrogen and oxygen atoms in total. The first-order valence-electron chi connectivity index (χ1n) is 9.68. The van der Waals surface area contributed by atoms with Crippen LogP contribution < -0.4 is 25.8 Å². The number of benzene rings is 2. The topological polar surface area (TPSA) is 116 Å². The molecule has 0 atom stereocenters. The second-order valence-corrected chi connectivity index (χ2v) is 7.19. The molecule has 1 aliphatic rings. The van der Waals surface area contributed by atoms with Gasteiger partial charge in [-0.05, 0) is 37.1 Å². The molecule has 0 radical (unpaired) electrons. The third kappa shape index (κ3) is 4.38. The lowest BCUT2D eigenvalue weighted by Gasteiger charge is -2.11. The van der Waals surface area contributed by atoms with Gasteiger partial charge in [-0.15, -0.1) is 0 Å². The zero-order valence-electron chi connectivity index (χ0n) is 17.0. The van der Waals surface area contributed by atoms with Gasteiger partial charge in [0.05, 0.1) is 30.3 Å². The summed E-state index contributed by atoms with van der Waals surface area (Å²) in [6, 6.07) is 9.48. The number of nitrogens with one attached hydrogen (secondary N) is 2. The van der Waals surface area contributed by atoms with E-state index in [2.05, 4.69) is 15.6 Å². The van der Waals surface area contributed by atoms with E-state index in [9.17, 15) is 9.59 Å². The van der Waals surface area contributed by atoms with Crippen molar-refractivity contribution < 1.29 is 20.4 Å². The van der Waals surface area contributed by atoms with Gasteiger partial charge in [0.25, 0.3) is 5.91 Å². The fraction of sp³-hybridized carbons (Fsp3) is 0.190. The van der Waals surface area contributed by atoms with Gasteiger partial charge in [-0.25, -0.2) is 9.78 Å².